The van der Waals surface area contributed by atoms with Crippen molar-refractivity contribution in [2.45, 2.75) is 31.7 Å². The van der Waals surface area contributed by atoms with Gasteiger partial charge in [-0.1, -0.05) is 18.2 Å². The number of nitrogens with one attached hydrogen (secondary N) is 1. The maximum atomic E-state index is 4.25. The van der Waals surface area contributed by atoms with Crippen molar-refractivity contribution < 1.29 is 0 Å². The maximum absolute atomic E-state index is 4.25. The van der Waals surface area contributed by atoms with Crippen molar-refractivity contribution in [1.29, 1.82) is 0 Å². The molecule has 0 spiro atoms. The number of fused-ring (bicyclic) bond motifs is 1. The van der Waals surface area contributed by atoms with Crippen LogP contribution in [0.15, 0.2) is 18.2 Å². The average Bonchev–Trinajstić information content (AvgIpc) is 3.03. The van der Waals surface area contributed by atoms with Gasteiger partial charge >= 0.3 is 0 Å². The molecule has 1 aromatic carbocycles. The molecule has 1 N–H and O–H groups in total. The maximum Gasteiger partial charge on any atom is 0.176 e. The second-order valence-corrected chi connectivity index (χ2v) is 5.12. The topological polar surface area (TPSA) is 55.6 Å². The van der Waals surface area contributed by atoms with Crippen molar-refractivity contribution in [3.8, 4) is 0 Å². The molecule has 0 saturated heterocycles. The van der Waals surface area contributed by atoms with Gasteiger partial charge in [-0.2, -0.15) is 4.80 Å². The zero-order chi connectivity index (χ0) is 13.2. The Morgan fingerprint density at radius 1 is 1.32 bits per heavy atom. The molecule has 19 heavy (non-hydrogen) atoms. The Balaban J connectivity index is 1.82. The fourth-order valence-corrected chi connectivity index (χ4v) is 2.78. The van der Waals surface area contributed by atoms with Gasteiger partial charge in [0.15, 0.2) is 5.82 Å². The van der Waals surface area contributed by atoms with Crippen LogP contribution in [0.5, 0.6) is 0 Å². The van der Waals surface area contributed by atoms with E-state index in [1.54, 1.807) is 7.05 Å². The summed E-state index contributed by atoms with van der Waals surface area (Å²) in [5.41, 5.74) is 4.33. The van der Waals surface area contributed by atoms with E-state index in [-0.39, 0.29) is 6.04 Å². The fourth-order valence-electron chi connectivity index (χ4n) is 2.78. The van der Waals surface area contributed by atoms with Crippen molar-refractivity contribution in [3.63, 3.8) is 0 Å². The Hall–Kier alpha value is -1.75. The van der Waals surface area contributed by atoms with E-state index < -0.39 is 0 Å². The number of rotatable bonds is 4. The van der Waals surface area contributed by atoms with Gasteiger partial charge in [0.2, 0.25) is 0 Å². The van der Waals surface area contributed by atoms with Crippen LogP contribution in [0.25, 0.3) is 0 Å². The van der Waals surface area contributed by atoms with Gasteiger partial charge in [-0.25, -0.2) is 0 Å². The summed E-state index contributed by atoms with van der Waals surface area (Å²) in [7, 11) is 3.77. The Kier molecular flexibility index (Phi) is 3.29. The van der Waals surface area contributed by atoms with E-state index >= 15 is 0 Å². The number of aromatic nitrogens is 4. The van der Waals surface area contributed by atoms with E-state index in [9.17, 15) is 0 Å². The molecule has 2 aromatic rings. The molecule has 0 bridgehead atoms. The molecule has 0 saturated carbocycles. The normalized spacial score (nSPS) is 15.5. The number of hydrogen-bond acceptors (Lipinski definition) is 4. The van der Waals surface area contributed by atoms with Gasteiger partial charge in [-0.05, 0) is 48.2 Å². The Morgan fingerprint density at radius 2 is 2.16 bits per heavy atom. The monoisotopic (exact) mass is 257 g/mol. The molecule has 5 nitrogen and oxygen atoms in total. The molecular weight excluding hydrogens is 238 g/mol. The summed E-state index contributed by atoms with van der Waals surface area (Å²) in [6.45, 7) is 0. The minimum atomic E-state index is 0.245. The smallest absolute Gasteiger partial charge is 0.176 e. The third-order valence-electron chi connectivity index (χ3n) is 3.81. The van der Waals surface area contributed by atoms with E-state index in [4.69, 9.17) is 0 Å². The van der Waals surface area contributed by atoms with Crippen LogP contribution in [-0.2, 0) is 26.3 Å². The highest BCUT2D eigenvalue weighted by Gasteiger charge is 2.17. The quantitative estimate of drug-likeness (QED) is 0.894. The van der Waals surface area contributed by atoms with Gasteiger partial charge in [-0.3, -0.25) is 0 Å². The lowest BCUT2D eigenvalue weighted by Crippen LogP contribution is -2.19. The first-order valence-corrected chi connectivity index (χ1v) is 6.78. The number of likely N-dealkylation sites (N-methyl/N-ethyl adjacent to an activating group) is 1. The van der Waals surface area contributed by atoms with Crippen molar-refractivity contribution in [3.05, 3.63) is 40.7 Å². The van der Waals surface area contributed by atoms with Crippen molar-refractivity contribution in [2.24, 2.45) is 7.05 Å². The molecule has 0 fully saturated rings. The molecule has 1 unspecified atom stereocenters. The van der Waals surface area contributed by atoms with Crippen LogP contribution in [0, 0.1) is 0 Å². The molecule has 1 aromatic heterocycles. The van der Waals surface area contributed by atoms with Crippen molar-refractivity contribution >= 4 is 0 Å². The first kappa shape index (κ1) is 12.3. The Bertz CT molecular complexity index is 575. The third-order valence-corrected chi connectivity index (χ3v) is 3.81. The molecule has 0 amide bonds. The molecule has 1 atom stereocenters. The predicted octanol–water partition coefficient (Wildman–Crippen LogP) is 1.20. The largest absolute Gasteiger partial charge is 0.313 e. The first-order chi connectivity index (χ1) is 9.26. The third kappa shape index (κ3) is 2.51. The summed E-state index contributed by atoms with van der Waals surface area (Å²) in [5.74, 6) is 0.780. The van der Waals surface area contributed by atoms with E-state index in [0.29, 0.717) is 0 Å². The van der Waals surface area contributed by atoms with Gasteiger partial charge < -0.3 is 5.32 Å². The minimum Gasteiger partial charge on any atom is -0.313 e. The first-order valence-electron chi connectivity index (χ1n) is 6.78. The van der Waals surface area contributed by atoms with Crippen LogP contribution < -0.4 is 5.32 Å². The minimum absolute atomic E-state index is 0.245. The average molecular weight is 257 g/mol. The van der Waals surface area contributed by atoms with E-state index in [1.807, 2.05) is 7.05 Å². The summed E-state index contributed by atoms with van der Waals surface area (Å²) < 4.78 is 0. The Morgan fingerprint density at radius 3 is 2.89 bits per heavy atom. The van der Waals surface area contributed by atoms with Gasteiger partial charge in [0.1, 0.15) is 0 Å². The molecule has 0 aliphatic heterocycles. The number of hydrogen-bond donors (Lipinski definition) is 1. The fraction of sp³-hybridized carbons (Fsp3) is 0.500. The molecule has 1 aliphatic carbocycles. The standard InChI is InChI=1S/C14H19N5/c1-15-13(9-14-16-18-19(2)17-14)12-7-6-10-4-3-5-11(10)8-12/h6-8,13,15H,3-5,9H2,1-2H3. The lowest BCUT2D eigenvalue weighted by molar-refractivity contribution is 0.569. The lowest BCUT2D eigenvalue weighted by Gasteiger charge is -2.16. The number of nitrogens with zero attached hydrogens (tertiary/aromatic N) is 4. The number of aryl methyl sites for hydroxylation is 3. The molecule has 5 heteroatoms. The van der Waals surface area contributed by atoms with Crippen molar-refractivity contribution in [1.82, 2.24) is 25.5 Å². The highest BCUT2D eigenvalue weighted by atomic mass is 15.6. The van der Waals surface area contributed by atoms with Gasteiger partial charge in [-0.15, -0.1) is 10.2 Å². The van der Waals surface area contributed by atoms with Crippen LogP contribution in [0.4, 0.5) is 0 Å². The molecule has 0 radical (unpaired) electrons. The summed E-state index contributed by atoms with van der Waals surface area (Å²) in [4.78, 5) is 1.50. The number of benzene rings is 1. The highest BCUT2D eigenvalue weighted by molar-refractivity contribution is 5.36. The van der Waals surface area contributed by atoms with Crippen molar-refractivity contribution in [2.75, 3.05) is 7.05 Å². The molecule has 3 rings (SSSR count). The second-order valence-electron chi connectivity index (χ2n) is 5.12. The molecule has 100 valence electrons. The lowest BCUT2D eigenvalue weighted by atomic mass is 9.99. The van der Waals surface area contributed by atoms with Gasteiger partial charge in [0.25, 0.3) is 0 Å². The summed E-state index contributed by atoms with van der Waals surface area (Å²) in [6.07, 6.45) is 4.49. The second kappa shape index (κ2) is 5.09. The van der Waals surface area contributed by atoms with E-state index in [1.165, 1.54) is 40.7 Å². The molecule has 1 aliphatic rings. The van der Waals surface area contributed by atoms with Gasteiger partial charge in [0, 0.05) is 12.5 Å². The zero-order valence-corrected chi connectivity index (χ0v) is 11.4. The molecular formula is C14H19N5. The highest BCUT2D eigenvalue weighted by Crippen LogP contribution is 2.26. The van der Waals surface area contributed by atoms with Crippen LogP contribution in [0.1, 0.15) is 35.0 Å². The van der Waals surface area contributed by atoms with E-state index in [0.717, 1.165) is 12.2 Å². The van der Waals surface area contributed by atoms with Crippen LogP contribution in [0.3, 0.4) is 0 Å². The summed E-state index contributed by atoms with van der Waals surface area (Å²) >= 11 is 0. The van der Waals surface area contributed by atoms with Crippen LogP contribution in [-0.4, -0.2) is 27.3 Å². The number of tetrazole rings is 1. The predicted molar refractivity (Wildman–Crippen MR) is 72.8 cm³/mol. The zero-order valence-electron chi connectivity index (χ0n) is 11.4. The van der Waals surface area contributed by atoms with Crippen LogP contribution >= 0.6 is 0 Å². The summed E-state index contributed by atoms with van der Waals surface area (Å²) in [5, 5.41) is 15.5. The summed E-state index contributed by atoms with van der Waals surface area (Å²) in [6, 6.07) is 7.07. The SMILES string of the molecule is CNC(Cc1nnn(C)n1)c1ccc2c(c1)CCC2. The Labute approximate surface area is 113 Å². The van der Waals surface area contributed by atoms with Gasteiger partial charge in [0.05, 0.1) is 7.05 Å². The van der Waals surface area contributed by atoms with E-state index in [2.05, 4.69) is 38.9 Å². The molecule has 1 heterocycles. The van der Waals surface area contributed by atoms with Crippen LogP contribution in [0.2, 0.25) is 0 Å².